The molecule has 0 heterocycles. The van der Waals surface area contributed by atoms with Crippen LogP contribution in [0.4, 0.5) is 0 Å². The number of hydrogen-bond donors (Lipinski definition) is 2. The number of hydrogen-bond acceptors (Lipinski definition) is 2. The summed E-state index contributed by atoms with van der Waals surface area (Å²) in [6.45, 7) is 1.40. The molecule has 88 valence electrons. The van der Waals surface area contributed by atoms with Crippen LogP contribution in [0.1, 0.15) is 51.4 Å². The molecule has 0 aromatic heterocycles. The van der Waals surface area contributed by atoms with Crippen molar-refractivity contribution in [3.63, 3.8) is 0 Å². The predicted octanol–water partition coefficient (Wildman–Crippen LogP) is 1.81. The Morgan fingerprint density at radius 3 is 2.33 bits per heavy atom. The van der Waals surface area contributed by atoms with Crippen LogP contribution in [0.3, 0.4) is 0 Å². The largest absolute Gasteiger partial charge is 0.356 e. The second kappa shape index (κ2) is 7.69. The van der Waals surface area contributed by atoms with E-state index in [1.165, 1.54) is 32.1 Å². The second-order valence-electron chi connectivity index (χ2n) is 4.48. The summed E-state index contributed by atoms with van der Waals surface area (Å²) in [5.74, 6) is 0.522. The lowest BCUT2D eigenvalue weighted by atomic mass is 9.90. The Hall–Kier alpha value is -0.570. The number of carbonyl (C=O) groups is 1. The maximum absolute atomic E-state index is 11.8. The molecule has 0 atom stereocenters. The smallest absolute Gasteiger partial charge is 0.223 e. The Morgan fingerprint density at radius 1 is 1.13 bits per heavy atom. The first kappa shape index (κ1) is 12.5. The highest BCUT2D eigenvalue weighted by Gasteiger charge is 2.18. The van der Waals surface area contributed by atoms with Crippen molar-refractivity contribution in [2.24, 2.45) is 11.7 Å². The van der Waals surface area contributed by atoms with Gasteiger partial charge in [0.2, 0.25) is 5.91 Å². The third-order valence-electron chi connectivity index (χ3n) is 3.16. The van der Waals surface area contributed by atoms with Crippen LogP contribution in [0.2, 0.25) is 0 Å². The van der Waals surface area contributed by atoms with Crippen molar-refractivity contribution in [3.05, 3.63) is 0 Å². The number of carbonyl (C=O) groups excluding carboxylic acids is 1. The molecular formula is C12H24N2O. The van der Waals surface area contributed by atoms with Gasteiger partial charge in [-0.2, -0.15) is 0 Å². The van der Waals surface area contributed by atoms with Crippen LogP contribution >= 0.6 is 0 Å². The lowest BCUT2D eigenvalue weighted by Gasteiger charge is -2.18. The van der Waals surface area contributed by atoms with E-state index in [4.69, 9.17) is 5.73 Å². The molecule has 1 saturated carbocycles. The van der Waals surface area contributed by atoms with E-state index in [2.05, 4.69) is 5.32 Å². The molecule has 15 heavy (non-hydrogen) atoms. The van der Waals surface area contributed by atoms with Crippen molar-refractivity contribution in [3.8, 4) is 0 Å². The Labute approximate surface area is 92.8 Å². The molecular weight excluding hydrogens is 188 g/mol. The minimum absolute atomic E-state index is 0.255. The zero-order valence-electron chi connectivity index (χ0n) is 9.63. The Morgan fingerprint density at radius 2 is 1.73 bits per heavy atom. The molecule has 3 N–H and O–H groups in total. The van der Waals surface area contributed by atoms with Gasteiger partial charge in [-0.3, -0.25) is 4.79 Å². The van der Waals surface area contributed by atoms with Crippen molar-refractivity contribution in [1.29, 1.82) is 0 Å². The van der Waals surface area contributed by atoms with Gasteiger partial charge in [-0.1, -0.05) is 32.1 Å². The fourth-order valence-electron chi connectivity index (χ4n) is 2.18. The number of amides is 1. The molecule has 3 nitrogen and oxygen atoms in total. The van der Waals surface area contributed by atoms with Gasteiger partial charge in [0.1, 0.15) is 0 Å². The lowest BCUT2D eigenvalue weighted by Crippen LogP contribution is -2.32. The highest BCUT2D eigenvalue weighted by molar-refractivity contribution is 5.78. The molecule has 1 fully saturated rings. The first-order valence-electron chi connectivity index (χ1n) is 6.32. The monoisotopic (exact) mass is 212 g/mol. The average molecular weight is 212 g/mol. The molecule has 0 saturated heterocycles. The number of nitrogens with two attached hydrogens (primary N) is 1. The van der Waals surface area contributed by atoms with E-state index < -0.39 is 0 Å². The van der Waals surface area contributed by atoms with Gasteiger partial charge in [0.15, 0.2) is 0 Å². The van der Waals surface area contributed by atoms with Crippen LogP contribution in [-0.2, 0) is 4.79 Å². The molecule has 0 unspecified atom stereocenters. The molecule has 1 aliphatic carbocycles. The van der Waals surface area contributed by atoms with Crippen molar-refractivity contribution >= 4 is 5.91 Å². The number of rotatable bonds is 4. The third kappa shape index (κ3) is 5.17. The summed E-state index contributed by atoms with van der Waals surface area (Å²) in [7, 11) is 0. The quantitative estimate of drug-likeness (QED) is 0.698. The zero-order chi connectivity index (χ0) is 10.9. The van der Waals surface area contributed by atoms with Crippen LogP contribution < -0.4 is 11.1 Å². The molecule has 0 radical (unpaired) electrons. The van der Waals surface area contributed by atoms with E-state index in [1.54, 1.807) is 0 Å². The van der Waals surface area contributed by atoms with Gasteiger partial charge in [-0.25, -0.2) is 0 Å². The van der Waals surface area contributed by atoms with E-state index in [0.29, 0.717) is 6.54 Å². The average Bonchev–Trinajstić information content (AvgIpc) is 2.17. The first-order chi connectivity index (χ1) is 7.34. The standard InChI is InChI=1S/C12H24N2O/c13-9-6-10-14-12(15)11-7-4-2-1-3-5-8-11/h11H,1-10,13H2,(H,14,15). The van der Waals surface area contributed by atoms with Gasteiger partial charge in [-0.05, 0) is 25.8 Å². The predicted molar refractivity (Wildman–Crippen MR) is 62.5 cm³/mol. The van der Waals surface area contributed by atoms with Gasteiger partial charge in [0.05, 0.1) is 0 Å². The van der Waals surface area contributed by atoms with E-state index >= 15 is 0 Å². The normalized spacial score (nSPS) is 19.3. The van der Waals surface area contributed by atoms with Gasteiger partial charge in [0, 0.05) is 12.5 Å². The van der Waals surface area contributed by atoms with Crippen LogP contribution in [0.25, 0.3) is 0 Å². The first-order valence-corrected chi connectivity index (χ1v) is 6.32. The Kier molecular flexibility index (Phi) is 6.41. The van der Waals surface area contributed by atoms with Gasteiger partial charge in [0.25, 0.3) is 0 Å². The van der Waals surface area contributed by atoms with E-state index in [9.17, 15) is 4.79 Å². The maximum atomic E-state index is 11.8. The van der Waals surface area contributed by atoms with Crippen molar-refractivity contribution < 1.29 is 4.79 Å². The zero-order valence-corrected chi connectivity index (χ0v) is 9.63. The molecule has 0 bridgehead atoms. The molecule has 1 aliphatic rings. The molecule has 0 spiro atoms. The molecule has 0 aromatic carbocycles. The lowest BCUT2D eigenvalue weighted by molar-refractivity contribution is -0.125. The SMILES string of the molecule is NCCCNC(=O)C1CCCCCCC1. The summed E-state index contributed by atoms with van der Waals surface area (Å²) in [6.07, 6.45) is 9.42. The topological polar surface area (TPSA) is 55.1 Å². The van der Waals surface area contributed by atoms with E-state index in [1.807, 2.05) is 0 Å². The van der Waals surface area contributed by atoms with Crippen LogP contribution in [0.5, 0.6) is 0 Å². The molecule has 0 aromatic rings. The number of nitrogens with one attached hydrogen (secondary N) is 1. The van der Waals surface area contributed by atoms with Gasteiger partial charge >= 0.3 is 0 Å². The van der Waals surface area contributed by atoms with Crippen LogP contribution in [0.15, 0.2) is 0 Å². The summed E-state index contributed by atoms with van der Waals surface area (Å²) in [4.78, 5) is 11.8. The maximum Gasteiger partial charge on any atom is 0.223 e. The fourth-order valence-corrected chi connectivity index (χ4v) is 2.18. The highest BCUT2D eigenvalue weighted by Crippen LogP contribution is 2.22. The van der Waals surface area contributed by atoms with Gasteiger partial charge in [-0.15, -0.1) is 0 Å². The Bertz CT molecular complexity index is 174. The minimum atomic E-state index is 0.255. The molecule has 1 amide bonds. The Balaban J connectivity index is 2.22. The van der Waals surface area contributed by atoms with Crippen LogP contribution in [-0.4, -0.2) is 19.0 Å². The third-order valence-corrected chi connectivity index (χ3v) is 3.16. The summed E-state index contributed by atoms with van der Waals surface area (Å²) >= 11 is 0. The summed E-state index contributed by atoms with van der Waals surface area (Å²) in [5, 5.41) is 2.98. The van der Waals surface area contributed by atoms with Crippen molar-refractivity contribution in [2.75, 3.05) is 13.1 Å². The summed E-state index contributed by atoms with van der Waals surface area (Å²) in [6, 6.07) is 0. The van der Waals surface area contributed by atoms with Gasteiger partial charge < -0.3 is 11.1 Å². The minimum Gasteiger partial charge on any atom is -0.356 e. The molecule has 3 heteroatoms. The summed E-state index contributed by atoms with van der Waals surface area (Å²) < 4.78 is 0. The summed E-state index contributed by atoms with van der Waals surface area (Å²) in [5.41, 5.74) is 5.39. The van der Waals surface area contributed by atoms with Crippen molar-refractivity contribution in [2.45, 2.75) is 51.4 Å². The van der Waals surface area contributed by atoms with Crippen molar-refractivity contribution in [1.82, 2.24) is 5.32 Å². The fraction of sp³-hybridized carbons (Fsp3) is 0.917. The molecule has 1 rings (SSSR count). The molecule has 0 aliphatic heterocycles. The van der Waals surface area contributed by atoms with E-state index in [0.717, 1.165) is 25.8 Å². The highest BCUT2D eigenvalue weighted by atomic mass is 16.1. The van der Waals surface area contributed by atoms with E-state index in [-0.39, 0.29) is 11.8 Å². The van der Waals surface area contributed by atoms with Crippen LogP contribution in [0, 0.1) is 5.92 Å². The second-order valence-corrected chi connectivity index (χ2v) is 4.48.